The zero-order chi connectivity index (χ0) is 25.6. The predicted octanol–water partition coefficient (Wildman–Crippen LogP) is 5.94. The average molecular weight is 498 g/mol. The molecule has 2 aromatic carbocycles. The van der Waals surface area contributed by atoms with Gasteiger partial charge in [-0.1, -0.05) is 0 Å². The van der Waals surface area contributed by atoms with Gasteiger partial charge in [-0.25, -0.2) is 13.9 Å². The fourth-order valence-electron chi connectivity index (χ4n) is 5.27. The van der Waals surface area contributed by atoms with Gasteiger partial charge in [-0.05, 0) is 69.9 Å². The van der Waals surface area contributed by atoms with Crippen LogP contribution in [0.3, 0.4) is 0 Å². The summed E-state index contributed by atoms with van der Waals surface area (Å²) in [5.41, 5.74) is 1.21. The van der Waals surface area contributed by atoms with E-state index in [1.165, 1.54) is 11.0 Å². The molecule has 2 N–H and O–H groups in total. The molecule has 8 nitrogen and oxygen atoms in total. The molecule has 1 unspecified atom stereocenters. The van der Waals surface area contributed by atoms with Crippen LogP contribution in [0.15, 0.2) is 36.5 Å². The fraction of sp³-hybridized carbons (Fsp3) is 0.481. The maximum absolute atomic E-state index is 14.8. The van der Waals surface area contributed by atoms with Crippen molar-refractivity contribution in [2.24, 2.45) is 0 Å². The van der Waals surface area contributed by atoms with E-state index in [0.29, 0.717) is 36.3 Å². The molecule has 5 rings (SSSR count). The van der Waals surface area contributed by atoms with Crippen LogP contribution in [0.5, 0.6) is 11.5 Å². The van der Waals surface area contributed by atoms with E-state index in [1.807, 2.05) is 31.5 Å². The van der Waals surface area contributed by atoms with Crippen molar-refractivity contribution in [2.45, 2.75) is 76.8 Å². The first-order chi connectivity index (χ1) is 17.1. The lowest BCUT2D eigenvalue weighted by Gasteiger charge is -2.47. The number of rotatable bonds is 5. The van der Waals surface area contributed by atoms with Gasteiger partial charge in [0.1, 0.15) is 23.4 Å². The highest BCUT2D eigenvalue weighted by atomic mass is 19.1. The third-order valence-electron chi connectivity index (χ3n) is 7.03. The molecule has 1 saturated heterocycles. The molecular formula is C27H32FN3O5. The Balaban J connectivity index is 1.48. The Kier molecular flexibility index (Phi) is 6.28. The minimum atomic E-state index is -0.938. The van der Waals surface area contributed by atoms with Crippen LogP contribution in [0.4, 0.5) is 9.18 Å². The number of fused-ring (bicyclic) bond motifs is 1. The van der Waals surface area contributed by atoms with Gasteiger partial charge in [-0.2, -0.15) is 5.10 Å². The van der Waals surface area contributed by atoms with Crippen LogP contribution < -0.4 is 4.74 Å². The number of phenols is 1. The van der Waals surface area contributed by atoms with Crippen LogP contribution in [0.25, 0.3) is 22.0 Å². The molecule has 0 bridgehead atoms. The van der Waals surface area contributed by atoms with Crippen molar-refractivity contribution in [3.05, 3.63) is 42.3 Å². The summed E-state index contributed by atoms with van der Waals surface area (Å²) in [5.74, 6) is -0.110. The number of benzene rings is 2. The Morgan fingerprint density at radius 1 is 1.22 bits per heavy atom. The summed E-state index contributed by atoms with van der Waals surface area (Å²) < 4.78 is 29.0. The van der Waals surface area contributed by atoms with Gasteiger partial charge < -0.3 is 24.6 Å². The van der Waals surface area contributed by atoms with Gasteiger partial charge in [0.05, 0.1) is 17.1 Å². The van der Waals surface area contributed by atoms with Crippen LogP contribution in [0, 0.1) is 5.82 Å². The van der Waals surface area contributed by atoms with Crippen LogP contribution in [0.1, 0.15) is 59.1 Å². The van der Waals surface area contributed by atoms with Crippen molar-refractivity contribution in [2.75, 3.05) is 6.61 Å². The molecule has 3 aromatic rings. The third kappa shape index (κ3) is 4.59. The molecule has 2 fully saturated rings. The summed E-state index contributed by atoms with van der Waals surface area (Å²) in [6.45, 7) is 6.32. The highest BCUT2D eigenvalue weighted by Crippen LogP contribution is 2.40. The van der Waals surface area contributed by atoms with Crippen molar-refractivity contribution < 1.29 is 28.9 Å². The zero-order valence-corrected chi connectivity index (χ0v) is 20.8. The quantitative estimate of drug-likeness (QED) is 0.453. The Bertz CT molecular complexity index is 1270. The first-order valence-corrected chi connectivity index (χ1v) is 12.4. The molecule has 1 aliphatic carbocycles. The van der Waals surface area contributed by atoms with Gasteiger partial charge in [0.25, 0.3) is 0 Å². The Morgan fingerprint density at radius 2 is 2.00 bits per heavy atom. The fourth-order valence-corrected chi connectivity index (χ4v) is 5.27. The van der Waals surface area contributed by atoms with E-state index in [0.717, 1.165) is 36.2 Å². The van der Waals surface area contributed by atoms with Crippen molar-refractivity contribution >= 4 is 17.0 Å². The maximum atomic E-state index is 14.8. The van der Waals surface area contributed by atoms with E-state index < -0.39 is 17.4 Å². The largest absolute Gasteiger partial charge is 0.508 e. The standard InChI is InChI=1S/C27H32FN3O5/c1-27(2,3)30(26(33)34)17-12-19(13-17)36-24-11-16(20-8-7-18(32)14-22(20)28)10-23-21(24)15-29-31(23)25-6-4-5-9-35-25/h7-8,10-11,14-15,17,19,25,32H,4-6,9,12-13H2,1-3H3,(H,33,34). The number of aromatic nitrogens is 2. The summed E-state index contributed by atoms with van der Waals surface area (Å²) in [6.07, 6.45) is 4.47. The smallest absolute Gasteiger partial charge is 0.407 e. The van der Waals surface area contributed by atoms with Crippen LogP contribution in [-0.4, -0.2) is 55.3 Å². The minimum absolute atomic E-state index is 0.126. The number of carboxylic acid groups (broad SMARTS) is 1. The molecule has 0 radical (unpaired) electrons. The molecule has 2 aliphatic rings. The first kappa shape index (κ1) is 24.4. The second-order valence-corrected chi connectivity index (χ2v) is 10.7. The number of hydrogen-bond acceptors (Lipinski definition) is 5. The van der Waals surface area contributed by atoms with Crippen LogP contribution in [0.2, 0.25) is 0 Å². The van der Waals surface area contributed by atoms with E-state index in [9.17, 15) is 19.4 Å². The maximum Gasteiger partial charge on any atom is 0.407 e. The van der Waals surface area contributed by atoms with Crippen molar-refractivity contribution in [1.29, 1.82) is 0 Å². The lowest BCUT2D eigenvalue weighted by molar-refractivity contribution is -0.0366. The number of aromatic hydroxyl groups is 1. The average Bonchev–Trinajstić information content (AvgIpc) is 3.21. The van der Waals surface area contributed by atoms with Crippen LogP contribution >= 0.6 is 0 Å². The Hall–Kier alpha value is -3.33. The molecule has 1 aromatic heterocycles. The van der Waals surface area contributed by atoms with E-state index in [2.05, 4.69) is 5.10 Å². The molecule has 0 spiro atoms. The first-order valence-electron chi connectivity index (χ1n) is 12.4. The van der Waals surface area contributed by atoms with Crippen molar-refractivity contribution in [3.8, 4) is 22.6 Å². The predicted molar refractivity (Wildman–Crippen MR) is 133 cm³/mol. The van der Waals surface area contributed by atoms with Gasteiger partial charge in [-0.3, -0.25) is 0 Å². The van der Waals surface area contributed by atoms with Crippen LogP contribution in [-0.2, 0) is 4.74 Å². The van der Waals surface area contributed by atoms with Gasteiger partial charge >= 0.3 is 6.09 Å². The summed E-state index contributed by atoms with van der Waals surface area (Å²) in [7, 11) is 0. The van der Waals surface area contributed by atoms with Gasteiger partial charge in [-0.15, -0.1) is 0 Å². The second kappa shape index (κ2) is 9.28. The number of amides is 1. The number of phenolic OH excluding ortho intramolecular Hbond substituents is 1. The zero-order valence-electron chi connectivity index (χ0n) is 20.8. The number of carbonyl (C=O) groups is 1. The van der Waals surface area contributed by atoms with Crippen molar-refractivity contribution in [3.63, 3.8) is 0 Å². The molecule has 36 heavy (non-hydrogen) atoms. The van der Waals surface area contributed by atoms with E-state index in [-0.39, 0.29) is 24.1 Å². The molecule has 1 atom stereocenters. The van der Waals surface area contributed by atoms with E-state index >= 15 is 0 Å². The lowest BCUT2D eigenvalue weighted by Crippen LogP contribution is -2.58. The number of ether oxygens (including phenoxy) is 2. The molecule has 192 valence electrons. The number of hydrogen-bond donors (Lipinski definition) is 2. The number of nitrogens with zero attached hydrogens (tertiary/aromatic N) is 3. The van der Waals surface area contributed by atoms with Gasteiger partial charge in [0, 0.05) is 42.7 Å². The lowest BCUT2D eigenvalue weighted by atomic mass is 9.85. The van der Waals surface area contributed by atoms with Crippen molar-refractivity contribution in [1.82, 2.24) is 14.7 Å². The van der Waals surface area contributed by atoms with Gasteiger partial charge in [0.2, 0.25) is 0 Å². The molecule has 1 saturated carbocycles. The summed E-state index contributed by atoms with van der Waals surface area (Å²) in [4.78, 5) is 13.3. The molecular weight excluding hydrogens is 465 g/mol. The molecule has 9 heteroatoms. The molecule has 2 heterocycles. The summed E-state index contributed by atoms with van der Waals surface area (Å²) in [6, 6.07) is 7.62. The summed E-state index contributed by atoms with van der Waals surface area (Å²) >= 11 is 0. The highest BCUT2D eigenvalue weighted by Gasteiger charge is 2.42. The van der Waals surface area contributed by atoms with E-state index in [1.54, 1.807) is 18.3 Å². The number of halogens is 1. The normalized spacial score (nSPS) is 22.3. The molecule has 1 amide bonds. The summed E-state index contributed by atoms with van der Waals surface area (Å²) in [5, 5.41) is 24.8. The highest BCUT2D eigenvalue weighted by molar-refractivity contribution is 5.90. The van der Waals surface area contributed by atoms with E-state index in [4.69, 9.17) is 9.47 Å². The second-order valence-electron chi connectivity index (χ2n) is 10.7. The topological polar surface area (TPSA) is 97.1 Å². The Morgan fingerprint density at radius 3 is 2.64 bits per heavy atom. The monoisotopic (exact) mass is 497 g/mol. The Labute approximate surface area is 209 Å². The van der Waals surface area contributed by atoms with Gasteiger partial charge in [0.15, 0.2) is 6.23 Å². The molecule has 1 aliphatic heterocycles. The SMILES string of the molecule is CC(C)(C)N(C(=O)O)C1CC(Oc2cc(-c3ccc(O)cc3F)cc3c2cnn3C2CCCCO2)C1. The third-order valence-corrected chi connectivity index (χ3v) is 7.03. The minimum Gasteiger partial charge on any atom is -0.508 e.